The predicted octanol–water partition coefficient (Wildman–Crippen LogP) is 2.08. The molecule has 1 aromatic heterocycles. The van der Waals surface area contributed by atoms with Gasteiger partial charge in [0, 0.05) is 31.9 Å². The molecule has 0 spiro atoms. The molecule has 35 heavy (non-hydrogen) atoms. The Labute approximate surface area is 207 Å². The van der Waals surface area contributed by atoms with Crippen molar-refractivity contribution in [1.82, 2.24) is 24.4 Å². The Morgan fingerprint density at radius 3 is 2.17 bits per heavy atom. The minimum atomic E-state index is -1.51. The van der Waals surface area contributed by atoms with Gasteiger partial charge in [0.05, 0.1) is 28.9 Å². The summed E-state index contributed by atoms with van der Waals surface area (Å²) >= 11 is 0.751. The maximum absolute atomic E-state index is 13.1. The van der Waals surface area contributed by atoms with Crippen molar-refractivity contribution in [3.8, 4) is 5.69 Å². The van der Waals surface area contributed by atoms with E-state index in [1.54, 1.807) is 13.8 Å². The summed E-state index contributed by atoms with van der Waals surface area (Å²) in [5, 5.41) is 15.7. The van der Waals surface area contributed by atoms with Crippen molar-refractivity contribution in [3.05, 3.63) is 51.4 Å². The molecule has 2 aromatic rings. The van der Waals surface area contributed by atoms with E-state index in [0.29, 0.717) is 22.7 Å². The molecule has 1 fully saturated rings. The van der Waals surface area contributed by atoms with E-state index >= 15 is 0 Å². The highest BCUT2D eigenvalue weighted by Gasteiger charge is 2.27. The van der Waals surface area contributed by atoms with E-state index in [4.69, 9.17) is 5.11 Å². The monoisotopic (exact) mass is 502 g/mol. The van der Waals surface area contributed by atoms with Gasteiger partial charge in [-0.15, -0.1) is 0 Å². The second kappa shape index (κ2) is 10.4. The van der Waals surface area contributed by atoms with Gasteiger partial charge in [-0.25, -0.2) is 14.3 Å². The van der Waals surface area contributed by atoms with Crippen LogP contribution in [0.5, 0.6) is 0 Å². The maximum atomic E-state index is 13.1. The zero-order chi connectivity index (χ0) is 25.9. The number of aromatic amines is 1. The number of benzene rings is 1. The topological polar surface area (TPSA) is 140 Å². The second-order valence-corrected chi connectivity index (χ2v) is 10.0. The molecule has 3 N–H and O–H groups in total. The molecule has 0 unspecified atom stereocenters. The van der Waals surface area contributed by atoms with Crippen LogP contribution in [-0.2, 0) is 15.0 Å². The Morgan fingerprint density at radius 1 is 1.06 bits per heavy atom. The second-order valence-electron chi connectivity index (χ2n) is 9.29. The lowest BCUT2D eigenvalue weighted by molar-refractivity contribution is -0.156. The predicted molar refractivity (Wildman–Crippen MR) is 134 cm³/mol. The van der Waals surface area contributed by atoms with Crippen molar-refractivity contribution in [2.24, 2.45) is 5.10 Å². The number of nitrogens with zero attached hydrogens (tertiary/aromatic N) is 4. The summed E-state index contributed by atoms with van der Waals surface area (Å²) in [6, 6.07) is 7.79. The number of amides is 2. The number of carboxylic acids is 1. The number of nitrogens with one attached hydrogen (secondary N) is 2. The Morgan fingerprint density at radius 2 is 1.63 bits per heavy atom. The fourth-order valence-corrected chi connectivity index (χ4v) is 4.32. The quantitative estimate of drug-likeness (QED) is 0.252. The van der Waals surface area contributed by atoms with Crippen LogP contribution in [-0.4, -0.2) is 73.7 Å². The third-order valence-corrected chi connectivity index (χ3v) is 6.39. The number of aryl methyl sites for hydroxylation is 1. The number of rotatable bonds is 4. The number of hydrazone groups is 1. The molecule has 12 heteroatoms. The van der Waals surface area contributed by atoms with E-state index in [0.717, 1.165) is 17.5 Å². The van der Waals surface area contributed by atoms with Gasteiger partial charge in [-0.1, -0.05) is 32.9 Å². The summed E-state index contributed by atoms with van der Waals surface area (Å²) in [5.41, 5.74) is 3.11. The lowest BCUT2D eigenvalue weighted by Crippen LogP contribution is -2.51. The molecule has 0 radical (unpaired) electrons. The van der Waals surface area contributed by atoms with Crippen LogP contribution in [0.1, 0.15) is 44.5 Å². The third-order valence-electron chi connectivity index (χ3n) is 5.78. The standard InChI is InChI=1S/C23H30N6O5S/c1-14(24-26-35-22(34)28-12-10-27(11-13-28)20(31)21(32)33)18-15(2)25-29(19(18)30)17-8-6-16(7-9-17)23(3,4)5/h6-9,25-26H,10-13H2,1-5H3,(H,32,33). The van der Waals surface area contributed by atoms with Crippen LogP contribution in [0.4, 0.5) is 4.79 Å². The number of hydrogen-bond donors (Lipinski definition) is 3. The normalized spacial score (nSPS) is 14.7. The first-order valence-electron chi connectivity index (χ1n) is 11.1. The summed E-state index contributed by atoms with van der Waals surface area (Å²) in [6.07, 6.45) is 0. The van der Waals surface area contributed by atoms with Crippen LogP contribution in [0.25, 0.3) is 5.69 Å². The first-order chi connectivity index (χ1) is 16.4. The number of aliphatic carboxylic acids is 1. The first kappa shape index (κ1) is 26.1. The van der Waals surface area contributed by atoms with Crippen molar-refractivity contribution >= 4 is 34.8 Å². The molecule has 11 nitrogen and oxygen atoms in total. The minimum absolute atomic E-state index is 0.00774. The van der Waals surface area contributed by atoms with Gasteiger partial charge in [0.25, 0.3) is 5.56 Å². The summed E-state index contributed by atoms with van der Waals surface area (Å²) < 4.78 is 1.46. The SMILES string of the molecule is CC(=NNSC(=O)N1CCN(C(=O)C(=O)O)CC1)c1c(C)[nH]n(-c2ccc(C(C)(C)C)cc2)c1=O. The summed E-state index contributed by atoms with van der Waals surface area (Å²) in [4.78, 5) is 53.1. The molecular weight excluding hydrogens is 472 g/mol. The highest BCUT2D eigenvalue weighted by Crippen LogP contribution is 2.23. The molecule has 1 aliphatic heterocycles. The molecule has 0 bridgehead atoms. The van der Waals surface area contributed by atoms with Gasteiger partial charge in [0.1, 0.15) is 0 Å². The zero-order valence-electron chi connectivity index (χ0n) is 20.4. The van der Waals surface area contributed by atoms with Crippen LogP contribution in [0, 0.1) is 6.92 Å². The van der Waals surface area contributed by atoms with Gasteiger partial charge in [-0.2, -0.15) is 5.10 Å². The molecule has 3 rings (SSSR count). The lowest BCUT2D eigenvalue weighted by Gasteiger charge is -2.33. The maximum Gasteiger partial charge on any atom is 0.394 e. The van der Waals surface area contributed by atoms with Gasteiger partial charge in [0.2, 0.25) is 0 Å². The van der Waals surface area contributed by atoms with E-state index in [2.05, 4.69) is 35.8 Å². The van der Waals surface area contributed by atoms with Crippen molar-refractivity contribution in [3.63, 3.8) is 0 Å². The average Bonchev–Trinajstić information content (AvgIpc) is 3.11. The van der Waals surface area contributed by atoms with E-state index in [-0.39, 0.29) is 42.4 Å². The number of H-pyrrole nitrogens is 1. The summed E-state index contributed by atoms with van der Waals surface area (Å²) in [6.45, 7) is 10.6. The smallest absolute Gasteiger partial charge is 0.394 e. The van der Waals surface area contributed by atoms with E-state index in [1.807, 2.05) is 24.3 Å². The molecule has 0 atom stereocenters. The fourth-order valence-electron chi connectivity index (χ4n) is 3.74. The lowest BCUT2D eigenvalue weighted by atomic mass is 9.87. The molecule has 2 heterocycles. The van der Waals surface area contributed by atoms with Gasteiger partial charge in [-0.3, -0.25) is 19.5 Å². The number of carbonyl (C=O) groups is 3. The number of piperazine rings is 1. The Balaban J connectivity index is 1.63. The van der Waals surface area contributed by atoms with Gasteiger partial charge in [-0.05, 0) is 37.0 Å². The fraction of sp³-hybridized carbons (Fsp3) is 0.435. The largest absolute Gasteiger partial charge is 0.474 e. The third kappa shape index (κ3) is 5.94. The number of carbonyl (C=O) groups excluding carboxylic acids is 2. The van der Waals surface area contributed by atoms with Crippen LogP contribution in [0.2, 0.25) is 0 Å². The van der Waals surface area contributed by atoms with Gasteiger partial charge < -0.3 is 14.9 Å². The van der Waals surface area contributed by atoms with Crippen LogP contribution in [0.15, 0.2) is 34.2 Å². The van der Waals surface area contributed by atoms with Crippen molar-refractivity contribution in [2.45, 2.75) is 40.0 Å². The van der Waals surface area contributed by atoms with E-state index in [1.165, 1.54) is 14.5 Å². The Bertz CT molecular complexity index is 1200. The number of carboxylic acid groups (broad SMARTS) is 1. The zero-order valence-corrected chi connectivity index (χ0v) is 21.2. The molecule has 1 aliphatic rings. The molecule has 2 amide bonds. The Kier molecular flexibility index (Phi) is 7.73. The molecule has 188 valence electrons. The summed E-state index contributed by atoms with van der Waals surface area (Å²) in [5.74, 6) is -2.48. The highest BCUT2D eigenvalue weighted by atomic mass is 32.2. The average molecular weight is 503 g/mol. The summed E-state index contributed by atoms with van der Waals surface area (Å²) in [7, 11) is 0. The van der Waals surface area contributed by atoms with Crippen molar-refractivity contribution in [1.29, 1.82) is 0 Å². The minimum Gasteiger partial charge on any atom is -0.474 e. The van der Waals surface area contributed by atoms with E-state index in [9.17, 15) is 19.2 Å². The highest BCUT2D eigenvalue weighted by molar-refractivity contribution is 8.11. The van der Waals surface area contributed by atoms with Crippen LogP contribution < -0.4 is 10.4 Å². The van der Waals surface area contributed by atoms with Crippen LogP contribution >= 0.6 is 11.9 Å². The number of aromatic nitrogens is 2. The number of hydrogen-bond acceptors (Lipinski definition) is 7. The van der Waals surface area contributed by atoms with Gasteiger partial charge in [0.15, 0.2) is 0 Å². The first-order valence-corrected chi connectivity index (χ1v) is 11.9. The van der Waals surface area contributed by atoms with Crippen molar-refractivity contribution in [2.75, 3.05) is 26.2 Å². The molecule has 0 saturated carbocycles. The molecular formula is C23H30N6O5S. The molecule has 1 saturated heterocycles. The van der Waals surface area contributed by atoms with Gasteiger partial charge >= 0.3 is 17.1 Å². The molecule has 0 aliphatic carbocycles. The van der Waals surface area contributed by atoms with Crippen LogP contribution in [0.3, 0.4) is 0 Å². The molecule has 1 aromatic carbocycles. The van der Waals surface area contributed by atoms with E-state index < -0.39 is 11.9 Å². The van der Waals surface area contributed by atoms with Crippen molar-refractivity contribution < 1.29 is 19.5 Å². The Hall–Kier alpha value is -3.54.